The van der Waals surface area contributed by atoms with Crippen molar-refractivity contribution in [1.29, 1.82) is 0 Å². The van der Waals surface area contributed by atoms with Crippen LogP contribution in [0.5, 0.6) is 0 Å². The number of furan rings is 1. The number of rotatable bonds is 8. The van der Waals surface area contributed by atoms with Gasteiger partial charge in [-0.15, -0.1) is 0 Å². The molecule has 2 aromatic carbocycles. The summed E-state index contributed by atoms with van der Waals surface area (Å²) in [5.74, 6) is 0.715. The molecule has 1 amide bonds. The van der Waals surface area contributed by atoms with E-state index in [1.54, 1.807) is 25.4 Å². The van der Waals surface area contributed by atoms with Gasteiger partial charge < -0.3 is 20.4 Å². The fourth-order valence-electron chi connectivity index (χ4n) is 3.33. The van der Waals surface area contributed by atoms with Crippen molar-refractivity contribution in [2.45, 2.75) is 13.0 Å². The summed E-state index contributed by atoms with van der Waals surface area (Å²) in [4.78, 5) is 16.4. The van der Waals surface area contributed by atoms with Crippen molar-refractivity contribution in [2.24, 2.45) is 4.99 Å². The van der Waals surface area contributed by atoms with Crippen LogP contribution in [0.4, 0.5) is 5.69 Å². The summed E-state index contributed by atoms with van der Waals surface area (Å²) in [7, 11) is 1.74. The van der Waals surface area contributed by atoms with Gasteiger partial charge in [0.15, 0.2) is 11.7 Å². The summed E-state index contributed by atoms with van der Waals surface area (Å²) >= 11 is 0. The Morgan fingerprint density at radius 3 is 2.64 bits per heavy atom. The second kappa shape index (κ2) is 10.8. The first-order chi connectivity index (χ1) is 16.2. The third-order valence-electron chi connectivity index (χ3n) is 5.02. The van der Waals surface area contributed by atoms with Gasteiger partial charge in [0.2, 0.25) is 0 Å². The number of anilines is 1. The van der Waals surface area contributed by atoms with Crippen LogP contribution < -0.4 is 16.0 Å². The standard InChI is InChI=1S/C25H26N6O2/c1-26-25(27-14-12-19-8-10-22(11-9-19)31-15-4-13-29-31)28-18-20-5-2-6-21(17-20)30-24(32)23-7-3-16-33-23/h2-11,13,15-17H,12,14,18H2,1H3,(H,30,32)(H2,26,27,28). The van der Waals surface area contributed by atoms with Gasteiger partial charge in [0.05, 0.1) is 12.0 Å². The number of nitrogens with zero attached hydrogens (tertiary/aromatic N) is 3. The molecule has 0 fully saturated rings. The van der Waals surface area contributed by atoms with E-state index >= 15 is 0 Å². The van der Waals surface area contributed by atoms with Gasteiger partial charge in [-0.05, 0) is 60.0 Å². The summed E-state index contributed by atoms with van der Waals surface area (Å²) in [6, 6.07) is 21.2. The first-order valence-electron chi connectivity index (χ1n) is 10.7. The van der Waals surface area contributed by atoms with Gasteiger partial charge in [0.25, 0.3) is 5.91 Å². The molecule has 3 N–H and O–H groups in total. The Kier molecular flexibility index (Phi) is 7.17. The van der Waals surface area contributed by atoms with Gasteiger partial charge in [-0.25, -0.2) is 4.68 Å². The lowest BCUT2D eigenvalue weighted by atomic mass is 10.1. The third kappa shape index (κ3) is 6.10. The molecule has 0 radical (unpaired) electrons. The van der Waals surface area contributed by atoms with E-state index < -0.39 is 0 Å². The number of nitrogens with one attached hydrogen (secondary N) is 3. The van der Waals surface area contributed by atoms with Crippen LogP contribution in [0.2, 0.25) is 0 Å². The van der Waals surface area contributed by atoms with Crippen molar-refractivity contribution < 1.29 is 9.21 Å². The summed E-state index contributed by atoms with van der Waals surface area (Å²) in [6.45, 7) is 1.32. The highest BCUT2D eigenvalue weighted by molar-refractivity contribution is 6.02. The molecule has 4 aromatic rings. The van der Waals surface area contributed by atoms with Crippen molar-refractivity contribution >= 4 is 17.6 Å². The minimum Gasteiger partial charge on any atom is -0.459 e. The zero-order valence-corrected chi connectivity index (χ0v) is 18.4. The molecule has 0 saturated carbocycles. The number of aromatic nitrogens is 2. The Hall–Kier alpha value is -4.33. The summed E-state index contributed by atoms with van der Waals surface area (Å²) in [6.07, 6.45) is 6.04. The second-order valence-corrected chi connectivity index (χ2v) is 7.35. The van der Waals surface area contributed by atoms with Crippen molar-refractivity contribution in [3.05, 3.63) is 102 Å². The highest BCUT2D eigenvalue weighted by atomic mass is 16.3. The van der Waals surface area contributed by atoms with E-state index in [9.17, 15) is 4.79 Å². The highest BCUT2D eigenvalue weighted by Crippen LogP contribution is 2.13. The lowest BCUT2D eigenvalue weighted by molar-refractivity contribution is 0.0996. The summed E-state index contributed by atoms with van der Waals surface area (Å²) in [5, 5.41) is 13.7. The number of hydrogen-bond acceptors (Lipinski definition) is 4. The minimum atomic E-state index is -0.278. The maximum atomic E-state index is 12.2. The molecule has 2 aromatic heterocycles. The molecule has 0 saturated heterocycles. The number of benzene rings is 2. The molecule has 33 heavy (non-hydrogen) atoms. The molecule has 8 nitrogen and oxygen atoms in total. The van der Waals surface area contributed by atoms with E-state index in [0.29, 0.717) is 18.2 Å². The Morgan fingerprint density at radius 1 is 1.03 bits per heavy atom. The number of carbonyl (C=O) groups excluding carboxylic acids is 1. The van der Waals surface area contributed by atoms with E-state index in [2.05, 4.69) is 50.3 Å². The molecule has 0 unspecified atom stereocenters. The monoisotopic (exact) mass is 442 g/mol. The van der Waals surface area contributed by atoms with Gasteiger partial charge in [0.1, 0.15) is 0 Å². The third-order valence-corrected chi connectivity index (χ3v) is 5.02. The Morgan fingerprint density at radius 2 is 1.91 bits per heavy atom. The van der Waals surface area contributed by atoms with Crippen LogP contribution in [-0.2, 0) is 13.0 Å². The lowest BCUT2D eigenvalue weighted by Gasteiger charge is -2.13. The number of amides is 1. The topological polar surface area (TPSA) is 96.5 Å². The molecule has 4 rings (SSSR count). The molecule has 0 atom stereocenters. The van der Waals surface area contributed by atoms with Crippen molar-refractivity contribution in [3.63, 3.8) is 0 Å². The quantitative estimate of drug-likeness (QED) is 0.286. The Bertz CT molecular complexity index is 1180. The van der Waals surface area contributed by atoms with Crippen LogP contribution in [0.1, 0.15) is 21.7 Å². The Labute approximate surface area is 192 Å². The predicted octanol–water partition coefficient (Wildman–Crippen LogP) is 3.63. The van der Waals surface area contributed by atoms with Gasteiger partial charge in [-0.2, -0.15) is 5.10 Å². The van der Waals surface area contributed by atoms with Crippen LogP contribution in [0.25, 0.3) is 5.69 Å². The lowest BCUT2D eigenvalue weighted by Crippen LogP contribution is -2.37. The molecule has 0 spiro atoms. The van der Waals surface area contributed by atoms with Crippen molar-refractivity contribution in [1.82, 2.24) is 20.4 Å². The molecule has 0 aliphatic carbocycles. The molecule has 0 bridgehead atoms. The molecule has 168 valence electrons. The molecule has 0 aliphatic rings. The smallest absolute Gasteiger partial charge is 0.291 e. The van der Waals surface area contributed by atoms with Gasteiger partial charge in [-0.3, -0.25) is 9.79 Å². The summed E-state index contributed by atoms with van der Waals surface area (Å²) < 4.78 is 6.97. The normalized spacial score (nSPS) is 11.2. The van der Waals surface area contributed by atoms with Gasteiger partial charge in [0, 0.05) is 38.2 Å². The maximum Gasteiger partial charge on any atom is 0.291 e. The molecule has 0 aliphatic heterocycles. The maximum absolute atomic E-state index is 12.2. The molecular weight excluding hydrogens is 416 g/mol. The number of hydrogen-bond donors (Lipinski definition) is 3. The highest BCUT2D eigenvalue weighted by Gasteiger charge is 2.09. The van der Waals surface area contributed by atoms with E-state index in [1.807, 2.05) is 41.2 Å². The number of aliphatic imine (C=N–C) groups is 1. The van der Waals surface area contributed by atoms with Crippen LogP contribution in [-0.4, -0.2) is 35.2 Å². The fraction of sp³-hybridized carbons (Fsp3) is 0.160. The van der Waals surface area contributed by atoms with Gasteiger partial charge in [-0.1, -0.05) is 24.3 Å². The van der Waals surface area contributed by atoms with E-state index in [4.69, 9.17) is 4.42 Å². The van der Waals surface area contributed by atoms with E-state index in [1.165, 1.54) is 11.8 Å². The second-order valence-electron chi connectivity index (χ2n) is 7.35. The average molecular weight is 443 g/mol. The Balaban J connectivity index is 1.24. The predicted molar refractivity (Wildman–Crippen MR) is 129 cm³/mol. The van der Waals surface area contributed by atoms with E-state index in [-0.39, 0.29) is 11.7 Å². The van der Waals surface area contributed by atoms with Crippen LogP contribution >= 0.6 is 0 Å². The zero-order chi connectivity index (χ0) is 22.9. The molecule has 8 heteroatoms. The van der Waals surface area contributed by atoms with Crippen molar-refractivity contribution in [3.8, 4) is 5.69 Å². The van der Waals surface area contributed by atoms with E-state index in [0.717, 1.165) is 24.2 Å². The average Bonchev–Trinajstić information content (AvgIpc) is 3.57. The van der Waals surface area contributed by atoms with Crippen LogP contribution in [0.3, 0.4) is 0 Å². The molecular formula is C25H26N6O2. The van der Waals surface area contributed by atoms with Crippen LogP contribution in [0.15, 0.2) is 94.8 Å². The van der Waals surface area contributed by atoms with Crippen LogP contribution in [0, 0.1) is 0 Å². The van der Waals surface area contributed by atoms with Gasteiger partial charge >= 0.3 is 0 Å². The van der Waals surface area contributed by atoms with Crippen molar-refractivity contribution in [2.75, 3.05) is 18.9 Å². The minimum absolute atomic E-state index is 0.277. The first-order valence-corrected chi connectivity index (χ1v) is 10.7. The summed E-state index contributed by atoms with van der Waals surface area (Å²) in [5.41, 5.74) is 3.99. The SMILES string of the molecule is CN=C(NCCc1ccc(-n2cccn2)cc1)NCc1cccc(NC(=O)c2ccco2)c1. The number of guanidine groups is 1. The zero-order valence-electron chi connectivity index (χ0n) is 18.4. The number of carbonyl (C=O) groups is 1. The largest absolute Gasteiger partial charge is 0.459 e. The first kappa shape index (κ1) is 21.9. The fourth-order valence-corrected chi connectivity index (χ4v) is 3.33. The molecule has 2 heterocycles.